The third-order valence-corrected chi connectivity index (χ3v) is 5.57. The van der Waals surface area contributed by atoms with Gasteiger partial charge in [-0.25, -0.2) is 0 Å². The number of piperidine rings is 1. The number of aromatic nitrogens is 1. The molecule has 5 heteroatoms. The summed E-state index contributed by atoms with van der Waals surface area (Å²) in [6.07, 6.45) is 4.13. The van der Waals surface area contributed by atoms with Gasteiger partial charge in [-0.15, -0.1) is 5.48 Å². The number of H-pyrrole nitrogens is 1. The number of amides is 1. The molecule has 0 radical (unpaired) electrons. The van der Waals surface area contributed by atoms with Crippen LogP contribution >= 0.6 is 0 Å². The largest absolute Gasteiger partial charge is 0.413 e. The summed E-state index contributed by atoms with van der Waals surface area (Å²) in [7, 11) is 0. The summed E-state index contributed by atoms with van der Waals surface area (Å²) in [5.74, 6) is 1.56. The van der Waals surface area contributed by atoms with E-state index < -0.39 is 0 Å². The molecule has 3 heterocycles. The lowest BCUT2D eigenvalue weighted by Crippen LogP contribution is -2.43. The summed E-state index contributed by atoms with van der Waals surface area (Å²) < 4.78 is 0. The topological polar surface area (TPSA) is 57.4 Å². The molecule has 0 saturated carbocycles. The van der Waals surface area contributed by atoms with Crippen LogP contribution in [0.3, 0.4) is 0 Å². The number of hydroxylamine groups is 1. The van der Waals surface area contributed by atoms with E-state index in [1.165, 1.54) is 11.1 Å². The van der Waals surface area contributed by atoms with E-state index in [0.29, 0.717) is 11.6 Å². The van der Waals surface area contributed by atoms with Crippen molar-refractivity contribution in [1.29, 1.82) is 0 Å². The number of aromatic amines is 1. The van der Waals surface area contributed by atoms with Crippen LogP contribution in [0.15, 0.2) is 30.0 Å². The minimum atomic E-state index is 0.104. The lowest BCUT2D eigenvalue weighted by Gasteiger charge is -2.33. The minimum absolute atomic E-state index is 0.104. The Hall–Kier alpha value is -2.27. The second kappa shape index (κ2) is 6.23. The van der Waals surface area contributed by atoms with Crippen LogP contribution in [0.2, 0.25) is 0 Å². The van der Waals surface area contributed by atoms with Gasteiger partial charge in [0.25, 0.3) is 5.91 Å². The van der Waals surface area contributed by atoms with Crippen LogP contribution in [0.5, 0.6) is 0 Å². The summed E-state index contributed by atoms with van der Waals surface area (Å²) in [6, 6.07) is 6.52. The smallest absolute Gasteiger partial charge is 0.270 e. The number of fused-ring (bicyclic) bond motifs is 1. The standard InChI is InChI=1S/C20H25N3O2/c1-12-8-16-11-19(21-17(16)9-13(12)2)20(24)23-6-4-15(5-7-23)18-10-14(3)25-22-18/h8-11,15,18,21-22H,4-7H2,1-3H3. The molecule has 1 saturated heterocycles. The maximum absolute atomic E-state index is 12.9. The molecule has 0 spiro atoms. The third kappa shape index (κ3) is 3.04. The summed E-state index contributed by atoms with van der Waals surface area (Å²) >= 11 is 0. The first-order valence-corrected chi connectivity index (χ1v) is 9.01. The van der Waals surface area contributed by atoms with Crippen molar-refractivity contribution >= 4 is 16.8 Å². The number of likely N-dealkylation sites (tertiary alicyclic amines) is 1. The zero-order chi connectivity index (χ0) is 17.6. The normalized spacial score (nSPS) is 21.5. The molecular formula is C20H25N3O2. The van der Waals surface area contributed by atoms with Crippen LogP contribution < -0.4 is 5.48 Å². The van der Waals surface area contributed by atoms with Crippen LogP contribution in [-0.2, 0) is 4.84 Å². The number of hydrogen-bond acceptors (Lipinski definition) is 3. The van der Waals surface area contributed by atoms with E-state index in [0.717, 1.165) is 42.6 Å². The van der Waals surface area contributed by atoms with Gasteiger partial charge in [-0.1, -0.05) is 0 Å². The van der Waals surface area contributed by atoms with Crippen molar-refractivity contribution in [2.24, 2.45) is 5.92 Å². The maximum atomic E-state index is 12.9. The van der Waals surface area contributed by atoms with E-state index in [-0.39, 0.29) is 11.9 Å². The van der Waals surface area contributed by atoms with Gasteiger partial charge in [-0.3, -0.25) is 4.79 Å². The molecule has 0 aliphatic carbocycles. The Bertz CT molecular complexity index is 805. The fourth-order valence-corrected chi connectivity index (χ4v) is 3.86. The molecule has 1 amide bonds. The molecule has 1 aromatic carbocycles. The molecule has 2 aliphatic rings. The number of allylic oxidation sites excluding steroid dienone is 1. The van der Waals surface area contributed by atoms with E-state index in [9.17, 15) is 4.79 Å². The Morgan fingerprint density at radius 1 is 1.12 bits per heavy atom. The quantitative estimate of drug-likeness (QED) is 0.881. The second-order valence-corrected chi connectivity index (χ2v) is 7.36. The molecule has 1 aromatic heterocycles. The van der Waals surface area contributed by atoms with Crippen LogP contribution in [0.4, 0.5) is 0 Å². The van der Waals surface area contributed by atoms with Crippen molar-refractivity contribution in [3.63, 3.8) is 0 Å². The van der Waals surface area contributed by atoms with Crippen LogP contribution in [0.1, 0.15) is 41.4 Å². The highest BCUT2D eigenvalue weighted by atomic mass is 16.7. The molecular weight excluding hydrogens is 314 g/mol. The average molecular weight is 339 g/mol. The van der Waals surface area contributed by atoms with Gasteiger partial charge < -0.3 is 14.7 Å². The van der Waals surface area contributed by atoms with Crippen molar-refractivity contribution in [3.8, 4) is 0 Å². The van der Waals surface area contributed by atoms with Gasteiger partial charge in [0.15, 0.2) is 0 Å². The first-order chi connectivity index (χ1) is 12.0. The summed E-state index contributed by atoms with van der Waals surface area (Å²) in [5, 5.41) is 1.11. The molecule has 5 nitrogen and oxygen atoms in total. The lowest BCUT2D eigenvalue weighted by atomic mass is 9.89. The number of hydrogen-bond donors (Lipinski definition) is 2. The summed E-state index contributed by atoms with van der Waals surface area (Å²) in [6.45, 7) is 7.75. The van der Waals surface area contributed by atoms with Gasteiger partial charge in [0.05, 0.1) is 6.04 Å². The van der Waals surface area contributed by atoms with Gasteiger partial charge in [0, 0.05) is 24.0 Å². The SMILES string of the molecule is CC1=CC(C2CCN(C(=O)c3cc4cc(C)c(C)cc4[nH]3)CC2)NO1. The Labute approximate surface area is 148 Å². The van der Waals surface area contributed by atoms with Crippen molar-refractivity contribution in [2.75, 3.05) is 13.1 Å². The minimum Gasteiger partial charge on any atom is -0.413 e. The van der Waals surface area contributed by atoms with Crippen molar-refractivity contribution in [2.45, 2.75) is 39.7 Å². The number of benzene rings is 1. The number of carbonyl (C=O) groups excluding carboxylic acids is 1. The zero-order valence-corrected chi connectivity index (χ0v) is 15.1. The van der Waals surface area contributed by atoms with E-state index >= 15 is 0 Å². The zero-order valence-electron chi connectivity index (χ0n) is 15.1. The highest BCUT2D eigenvalue weighted by Crippen LogP contribution is 2.27. The third-order valence-electron chi connectivity index (χ3n) is 5.57. The Morgan fingerprint density at radius 3 is 2.52 bits per heavy atom. The number of aryl methyl sites for hydroxylation is 2. The van der Waals surface area contributed by atoms with Crippen LogP contribution in [0, 0.1) is 19.8 Å². The first-order valence-electron chi connectivity index (χ1n) is 9.01. The fourth-order valence-electron chi connectivity index (χ4n) is 3.86. The van der Waals surface area contributed by atoms with Gasteiger partial charge in [-0.2, -0.15) is 0 Å². The van der Waals surface area contributed by atoms with Gasteiger partial charge in [0.2, 0.25) is 0 Å². The van der Waals surface area contributed by atoms with Crippen molar-refractivity contribution < 1.29 is 9.63 Å². The number of nitrogens with zero attached hydrogens (tertiary/aromatic N) is 1. The molecule has 132 valence electrons. The van der Waals surface area contributed by atoms with Crippen LogP contribution in [-0.4, -0.2) is 34.9 Å². The van der Waals surface area contributed by atoms with Gasteiger partial charge in [-0.05, 0) is 74.9 Å². The molecule has 0 bridgehead atoms. The summed E-state index contributed by atoms with van der Waals surface area (Å²) in [5.41, 5.74) is 7.30. The molecule has 1 fully saturated rings. The van der Waals surface area contributed by atoms with Crippen molar-refractivity contribution in [1.82, 2.24) is 15.4 Å². The average Bonchev–Trinajstić information content (AvgIpc) is 3.21. The molecule has 1 atom stereocenters. The second-order valence-electron chi connectivity index (χ2n) is 7.36. The van der Waals surface area contributed by atoms with E-state index in [1.54, 1.807) is 0 Å². The van der Waals surface area contributed by atoms with Crippen LogP contribution in [0.25, 0.3) is 10.9 Å². The number of carbonyl (C=O) groups is 1. The molecule has 25 heavy (non-hydrogen) atoms. The Kier molecular flexibility index (Phi) is 4.04. The maximum Gasteiger partial charge on any atom is 0.270 e. The Morgan fingerprint density at radius 2 is 1.84 bits per heavy atom. The Balaban J connectivity index is 1.45. The monoisotopic (exact) mass is 339 g/mol. The molecule has 2 aromatic rings. The van der Waals surface area contributed by atoms with E-state index in [1.807, 2.05) is 17.9 Å². The summed E-state index contributed by atoms with van der Waals surface area (Å²) in [4.78, 5) is 23.5. The molecule has 4 rings (SSSR count). The molecule has 2 aliphatic heterocycles. The highest BCUT2D eigenvalue weighted by molar-refractivity contribution is 5.98. The number of nitrogens with one attached hydrogen (secondary N) is 2. The predicted octanol–water partition coefficient (Wildman–Crippen LogP) is 3.44. The fraction of sp³-hybridized carbons (Fsp3) is 0.450. The van der Waals surface area contributed by atoms with Crippen molar-refractivity contribution in [3.05, 3.63) is 46.9 Å². The molecule has 2 N–H and O–H groups in total. The lowest BCUT2D eigenvalue weighted by molar-refractivity contribution is 0.0598. The first kappa shape index (κ1) is 16.2. The van der Waals surface area contributed by atoms with Gasteiger partial charge >= 0.3 is 0 Å². The predicted molar refractivity (Wildman–Crippen MR) is 98.2 cm³/mol. The molecule has 1 unspecified atom stereocenters. The van der Waals surface area contributed by atoms with E-state index in [2.05, 4.69) is 42.5 Å². The van der Waals surface area contributed by atoms with E-state index in [4.69, 9.17) is 4.84 Å². The highest BCUT2D eigenvalue weighted by Gasteiger charge is 2.30. The van der Waals surface area contributed by atoms with Gasteiger partial charge in [0.1, 0.15) is 11.5 Å². The number of rotatable bonds is 2.